The highest BCUT2D eigenvalue weighted by atomic mass is 16.5. The number of para-hydroxylation sites is 1. The molecule has 20 heavy (non-hydrogen) atoms. The summed E-state index contributed by atoms with van der Waals surface area (Å²) in [6.07, 6.45) is 4.47. The van der Waals surface area contributed by atoms with Crippen LogP contribution >= 0.6 is 0 Å². The van der Waals surface area contributed by atoms with E-state index in [9.17, 15) is 5.26 Å². The van der Waals surface area contributed by atoms with Crippen LogP contribution in [0.15, 0.2) is 24.3 Å². The van der Waals surface area contributed by atoms with Crippen molar-refractivity contribution >= 4 is 5.69 Å². The lowest BCUT2D eigenvalue weighted by Crippen LogP contribution is -2.43. The summed E-state index contributed by atoms with van der Waals surface area (Å²) >= 11 is 0. The molecule has 3 rings (SSSR count). The first-order chi connectivity index (χ1) is 9.83. The lowest BCUT2D eigenvalue weighted by atomic mass is 9.77. The van der Waals surface area contributed by atoms with Gasteiger partial charge < -0.3 is 9.64 Å². The molecular formula is C17H22N2O. The number of nitriles is 1. The van der Waals surface area contributed by atoms with Crippen LogP contribution in [0.5, 0.6) is 0 Å². The van der Waals surface area contributed by atoms with Gasteiger partial charge in [0.1, 0.15) is 5.41 Å². The lowest BCUT2D eigenvalue weighted by molar-refractivity contribution is 0.0930. The second-order valence-corrected chi connectivity index (χ2v) is 5.86. The first kappa shape index (κ1) is 13.5. The molecule has 2 atom stereocenters. The summed E-state index contributed by atoms with van der Waals surface area (Å²) in [5, 5.41) is 9.91. The fraction of sp³-hybridized carbons (Fsp3) is 0.588. The van der Waals surface area contributed by atoms with Crippen LogP contribution in [-0.2, 0) is 10.2 Å². The molecule has 3 nitrogen and oxygen atoms in total. The zero-order valence-electron chi connectivity index (χ0n) is 12.1. The molecule has 1 fully saturated rings. The Hall–Kier alpha value is -1.53. The van der Waals surface area contributed by atoms with Gasteiger partial charge in [0, 0.05) is 24.4 Å². The Morgan fingerprint density at radius 3 is 3.10 bits per heavy atom. The van der Waals surface area contributed by atoms with Crippen molar-refractivity contribution in [1.82, 2.24) is 0 Å². The molecule has 0 amide bonds. The summed E-state index contributed by atoms with van der Waals surface area (Å²) < 4.78 is 5.87. The summed E-state index contributed by atoms with van der Waals surface area (Å²) in [4.78, 5) is 2.42. The van der Waals surface area contributed by atoms with E-state index in [-0.39, 0.29) is 0 Å². The van der Waals surface area contributed by atoms with Crippen molar-refractivity contribution in [3.63, 3.8) is 0 Å². The van der Waals surface area contributed by atoms with E-state index < -0.39 is 5.41 Å². The Kier molecular flexibility index (Phi) is 3.67. The van der Waals surface area contributed by atoms with E-state index in [2.05, 4.69) is 36.1 Å². The average Bonchev–Trinajstić information content (AvgIpc) is 3.05. The Balaban J connectivity index is 1.90. The van der Waals surface area contributed by atoms with Crippen molar-refractivity contribution in [3.05, 3.63) is 29.8 Å². The van der Waals surface area contributed by atoms with E-state index >= 15 is 0 Å². The summed E-state index contributed by atoms with van der Waals surface area (Å²) in [6.45, 7) is 4.52. The summed E-state index contributed by atoms with van der Waals surface area (Å²) in [5.41, 5.74) is 1.94. The van der Waals surface area contributed by atoms with Crippen molar-refractivity contribution in [2.75, 3.05) is 24.7 Å². The van der Waals surface area contributed by atoms with Crippen LogP contribution in [-0.4, -0.2) is 25.8 Å². The van der Waals surface area contributed by atoms with Crippen molar-refractivity contribution < 1.29 is 4.74 Å². The maximum absolute atomic E-state index is 9.91. The second kappa shape index (κ2) is 5.46. The lowest BCUT2D eigenvalue weighted by Gasteiger charge is -2.29. The van der Waals surface area contributed by atoms with Crippen molar-refractivity contribution in [2.24, 2.45) is 0 Å². The van der Waals surface area contributed by atoms with Gasteiger partial charge in [-0.15, -0.1) is 0 Å². The Bertz CT molecular complexity index is 522. The number of nitrogens with zero attached hydrogens (tertiary/aromatic N) is 2. The number of ether oxygens (including phenoxy) is 1. The number of unbranched alkanes of at least 4 members (excludes halogenated alkanes) is 1. The molecule has 0 radical (unpaired) electrons. The smallest absolute Gasteiger partial charge is 0.128 e. The zero-order chi connectivity index (χ0) is 14.0. The molecule has 0 bridgehead atoms. The minimum absolute atomic E-state index is 0.298. The number of hydrogen-bond donors (Lipinski definition) is 0. The highest BCUT2D eigenvalue weighted by molar-refractivity contribution is 5.67. The molecule has 0 saturated carbocycles. The molecule has 0 unspecified atom stereocenters. The third-order valence-corrected chi connectivity index (χ3v) is 4.69. The van der Waals surface area contributed by atoms with Gasteiger partial charge in [0.2, 0.25) is 0 Å². The first-order valence-electron chi connectivity index (χ1n) is 7.68. The SMILES string of the molecule is CCCCOC[C@]1(C#N)c2ccccc2N2CCC[C@@H]21. The standard InChI is InChI=1S/C17H22N2O/c1-2-3-11-20-13-17(12-18)14-7-4-5-8-15(14)19-10-6-9-16(17)19/h4-5,7-8,16H,2-3,6,9-11,13H2,1H3/t16-,17-/m1/s1. The van der Waals surface area contributed by atoms with E-state index in [0.717, 1.165) is 32.4 Å². The van der Waals surface area contributed by atoms with E-state index in [1.807, 2.05) is 6.07 Å². The topological polar surface area (TPSA) is 36.3 Å². The van der Waals surface area contributed by atoms with Gasteiger partial charge >= 0.3 is 0 Å². The van der Waals surface area contributed by atoms with Crippen LogP contribution in [0.25, 0.3) is 0 Å². The minimum Gasteiger partial charge on any atom is -0.379 e. The second-order valence-electron chi connectivity index (χ2n) is 5.86. The highest BCUT2D eigenvalue weighted by Gasteiger charge is 2.53. The molecule has 0 aliphatic carbocycles. The van der Waals surface area contributed by atoms with Crippen LogP contribution in [0.4, 0.5) is 5.69 Å². The molecule has 2 heterocycles. The minimum atomic E-state index is -0.471. The Labute approximate surface area is 121 Å². The van der Waals surface area contributed by atoms with Crippen molar-refractivity contribution in [2.45, 2.75) is 44.1 Å². The maximum Gasteiger partial charge on any atom is 0.128 e. The van der Waals surface area contributed by atoms with Crippen LogP contribution in [0, 0.1) is 11.3 Å². The third kappa shape index (κ3) is 1.91. The van der Waals surface area contributed by atoms with Crippen LogP contribution in [0.2, 0.25) is 0 Å². The summed E-state index contributed by atoms with van der Waals surface area (Å²) in [6, 6.07) is 11.3. The predicted molar refractivity (Wildman–Crippen MR) is 79.8 cm³/mol. The van der Waals surface area contributed by atoms with Gasteiger partial charge in [0.25, 0.3) is 0 Å². The maximum atomic E-state index is 9.91. The molecule has 3 heteroatoms. The molecule has 0 aromatic heterocycles. The van der Waals surface area contributed by atoms with Gasteiger partial charge in [0.05, 0.1) is 18.7 Å². The van der Waals surface area contributed by atoms with E-state index in [1.165, 1.54) is 17.7 Å². The van der Waals surface area contributed by atoms with Crippen LogP contribution in [0.3, 0.4) is 0 Å². The monoisotopic (exact) mass is 270 g/mol. The highest BCUT2D eigenvalue weighted by Crippen LogP contribution is 2.49. The molecule has 106 valence electrons. The molecule has 1 aromatic carbocycles. The normalized spacial score (nSPS) is 27.2. The van der Waals surface area contributed by atoms with Gasteiger partial charge in [0.15, 0.2) is 0 Å². The number of fused-ring (bicyclic) bond motifs is 3. The van der Waals surface area contributed by atoms with Crippen molar-refractivity contribution in [1.29, 1.82) is 5.26 Å². The van der Waals surface area contributed by atoms with E-state index in [4.69, 9.17) is 4.74 Å². The third-order valence-electron chi connectivity index (χ3n) is 4.69. The summed E-state index contributed by atoms with van der Waals surface area (Å²) in [5.74, 6) is 0. The van der Waals surface area contributed by atoms with Gasteiger partial charge in [-0.3, -0.25) is 0 Å². The van der Waals surface area contributed by atoms with Gasteiger partial charge in [-0.25, -0.2) is 0 Å². The van der Waals surface area contributed by atoms with Gasteiger partial charge in [-0.2, -0.15) is 5.26 Å². The average molecular weight is 270 g/mol. The first-order valence-corrected chi connectivity index (χ1v) is 7.68. The van der Waals surface area contributed by atoms with Crippen LogP contribution < -0.4 is 4.90 Å². The fourth-order valence-corrected chi connectivity index (χ4v) is 3.67. The van der Waals surface area contributed by atoms with Gasteiger partial charge in [-0.05, 0) is 25.3 Å². The van der Waals surface area contributed by atoms with E-state index in [0.29, 0.717) is 12.6 Å². The number of anilines is 1. The molecule has 2 aliphatic heterocycles. The predicted octanol–water partition coefficient (Wildman–Crippen LogP) is 3.25. The molecule has 0 N–H and O–H groups in total. The number of rotatable bonds is 5. The Morgan fingerprint density at radius 1 is 1.45 bits per heavy atom. The largest absolute Gasteiger partial charge is 0.379 e. The molecule has 1 aromatic rings. The van der Waals surface area contributed by atoms with Crippen LogP contribution in [0.1, 0.15) is 38.2 Å². The number of benzene rings is 1. The zero-order valence-corrected chi connectivity index (χ0v) is 12.1. The molecular weight excluding hydrogens is 248 g/mol. The van der Waals surface area contributed by atoms with Gasteiger partial charge in [-0.1, -0.05) is 31.5 Å². The molecule has 0 spiro atoms. The molecule has 2 aliphatic rings. The fourth-order valence-electron chi connectivity index (χ4n) is 3.67. The molecule has 1 saturated heterocycles. The Morgan fingerprint density at radius 2 is 2.30 bits per heavy atom. The van der Waals surface area contributed by atoms with Crippen molar-refractivity contribution in [3.8, 4) is 6.07 Å². The summed E-state index contributed by atoms with van der Waals surface area (Å²) in [7, 11) is 0. The quantitative estimate of drug-likeness (QED) is 0.771. The van der Waals surface area contributed by atoms with E-state index in [1.54, 1.807) is 0 Å². The number of hydrogen-bond acceptors (Lipinski definition) is 3.